The number of anilines is 1. The van der Waals surface area contributed by atoms with Gasteiger partial charge >= 0.3 is 6.03 Å². The first-order valence-corrected chi connectivity index (χ1v) is 11.4. The predicted molar refractivity (Wildman–Crippen MR) is 110 cm³/mol. The number of carbonyl (C=O) groups is 1. The number of sulfone groups is 1. The topological polar surface area (TPSA) is 84.9 Å². The second kappa shape index (κ2) is 8.32. The maximum absolute atomic E-state index is 12.7. The maximum Gasteiger partial charge on any atom is 0.321 e. The van der Waals surface area contributed by atoms with E-state index in [1.807, 2.05) is 30.3 Å². The molecule has 1 saturated heterocycles. The number of fused-ring (bicyclic) bond motifs is 1. The van der Waals surface area contributed by atoms with Gasteiger partial charge in [-0.1, -0.05) is 30.3 Å². The van der Waals surface area contributed by atoms with Gasteiger partial charge in [0.2, 0.25) is 0 Å². The van der Waals surface area contributed by atoms with Crippen molar-refractivity contribution in [1.29, 1.82) is 0 Å². The SMILES string of the molecule is O=C(Nc1ccc2c(c1)OCCO2)N1CCC(S(=O)(=O)Cc2ccccc2)CC1. The van der Waals surface area contributed by atoms with Crippen molar-refractivity contribution in [2.75, 3.05) is 31.6 Å². The van der Waals surface area contributed by atoms with Crippen LogP contribution in [-0.2, 0) is 15.6 Å². The Labute approximate surface area is 170 Å². The summed E-state index contributed by atoms with van der Waals surface area (Å²) in [6.45, 7) is 1.82. The number of urea groups is 1. The maximum atomic E-state index is 12.7. The summed E-state index contributed by atoms with van der Waals surface area (Å²) < 4.78 is 36.4. The Hall–Kier alpha value is -2.74. The normalized spacial score (nSPS) is 17.0. The van der Waals surface area contributed by atoms with Gasteiger partial charge in [0, 0.05) is 24.8 Å². The van der Waals surface area contributed by atoms with Gasteiger partial charge in [-0.2, -0.15) is 0 Å². The standard InChI is InChI=1S/C21H24N2O5S/c24-21(22-17-6-7-19-20(14-17)28-13-12-27-19)23-10-8-18(9-11-23)29(25,26)15-16-4-2-1-3-5-16/h1-7,14,18H,8-13,15H2,(H,22,24). The number of hydrogen-bond acceptors (Lipinski definition) is 5. The second-order valence-electron chi connectivity index (χ2n) is 7.27. The van der Waals surface area contributed by atoms with Gasteiger partial charge in [-0.15, -0.1) is 0 Å². The molecule has 0 aromatic heterocycles. The molecule has 154 valence electrons. The summed E-state index contributed by atoms with van der Waals surface area (Å²) in [4.78, 5) is 14.2. The van der Waals surface area contributed by atoms with E-state index >= 15 is 0 Å². The predicted octanol–water partition coefficient (Wildman–Crippen LogP) is 3.07. The summed E-state index contributed by atoms with van der Waals surface area (Å²) in [5, 5.41) is 2.44. The van der Waals surface area contributed by atoms with Crippen molar-refractivity contribution in [3.63, 3.8) is 0 Å². The van der Waals surface area contributed by atoms with Crippen LogP contribution in [0.3, 0.4) is 0 Å². The molecule has 0 spiro atoms. The zero-order chi connectivity index (χ0) is 20.3. The molecule has 8 heteroatoms. The molecule has 7 nitrogen and oxygen atoms in total. The number of piperidine rings is 1. The molecular weight excluding hydrogens is 392 g/mol. The Kier molecular flexibility index (Phi) is 5.62. The average Bonchev–Trinajstić information content (AvgIpc) is 2.74. The molecule has 0 radical (unpaired) electrons. The first-order valence-electron chi connectivity index (χ1n) is 9.72. The minimum atomic E-state index is -3.24. The summed E-state index contributed by atoms with van der Waals surface area (Å²) in [6.07, 6.45) is 0.896. The largest absolute Gasteiger partial charge is 0.486 e. The third-order valence-corrected chi connectivity index (χ3v) is 7.46. The van der Waals surface area contributed by atoms with E-state index in [1.165, 1.54) is 0 Å². The second-order valence-corrected chi connectivity index (χ2v) is 9.55. The van der Waals surface area contributed by atoms with E-state index in [-0.39, 0.29) is 11.8 Å². The van der Waals surface area contributed by atoms with Crippen molar-refractivity contribution in [3.05, 3.63) is 54.1 Å². The first kappa shape index (κ1) is 19.6. The highest BCUT2D eigenvalue weighted by Gasteiger charge is 2.31. The van der Waals surface area contributed by atoms with Crippen LogP contribution in [0.4, 0.5) is 10.5 Å². The third-order valence-electron chi connectivity index (χ3n) is 5.24. The van der Waals surface area contributed by atoms with Crippen LogP contribution in [0.15, 0.2) is 48.5 Å². The third kappa shape index (κ3) is 4.64. The molecule has 2 aliphatic heterocycles. The van der Waals surface area contributed by atoms with Crippen molar-refractivity contribution in [1.82, 2.24) is 4.90 Å². The van der Waals surface area contributed by atoms with Crippen molar-refractivity contribution in [2.45, 2.75) is 23.8 Å². The lowest BCUT2D eigenvalue weighted by atomic mass is 10.1. The molecule has 0 atom stereocenters. The zero-order valence-corrected chi connectivity index (χ0v) is 16.9. The lowest BCUT2D eigenvalue weighted by Gasteiger charge is -2.32. The fraction of sp³-hybridized carbons (Fsp3) is 0.381. The fourth-order valence-corrected chi connectivity index (χ4v) is 5.49. The Balaban J connectivity index is 1.32. The molecule has 2 heterocycles. The van der Waals surface area contributed by atoms with E-state index in [9.17, 15) is 13.2 Å². The summed E-state index contributed by atoms with van der Waals surface area (Å²) >= 11 is 0. The van der Waals surface area contributed by atoms with Crippen LogP contribution in [0.1, 0.15) is 18.4 Å². The molecule has 0 aliphatic carbocycles. The molecular formula is C21H24N2O5S. The van der Waals surface area contributed by atoms with E-state index in [4.69, 9.17) is 9.47 Å². The number of benzene rings is 2. The van der Waals surface area contributed by atoms with Crippen molar-refractivity contribution < 1.29 is 22.7 Å². The fourth-order valence-electron chi connectivity index (χ4n) is 3.67. The van der Waals surface area contributed by atoms with Gasteiger partial charge in [0.25, 0.3) is 0 Å². The number of amides is 2. The van der Waals surface area contributed by atoms with Gasteiger partial charge < -0.3 is 19.7 Å². The van der Waals surface area contributed by atoms with Crippen molar-refractivity contribution >= 4 is 21.6 Å². The molecule has 29 heavy (non-hydrogen) atoms. The monoisotopic (exact) mass is 416 g/mol. The van der Waals surface area contributed by atoms with Crippen LogP contribution in [0.2, 0.25) is 0 Å². The van der Waals surface area contributed by atoms with Crippen LogP contribution in [-0.4, -0.2) is 50.9 Å². The number of hydrogen-bond donors (Lipinski definition) is 1. The van der Waals surface area contributed by atoms with Crippen LogP contribution in [0, 0.1) is 0 Å². The van der Waals surface area contributed by atoms with Gasteiger partial charge in [-0.05, 0) is 30.5 Å². The van der Waals surface area contributed by atoms with Crippen molar-refractivity contribution in [2.24, 2.45) is 0 Å². The Morgan fingerprint density at radius 3 is 2.41 bits per heavy atom. The Morgan fingerprint density at radius 1 is 1.00 bits per heavy atom. The number of nitrogens with zero attached hydrogens (tertiary/aromatic N) is 1. The summed E-state index contributed by atoms with van der Waals surface area (Å²) in [5.41, 5.74) is 1.42. The molecule has 1 N–H and O–H groups in total. The van der Waals surface area contributed by atoms with Crippen LogP contribution >= 0.6 is 0 Å². The lowest BCUT2D eigenvalue weighted by Crippen LogP contribution is -2.44. The minimum Gasteiger partial charge on any atom is -0.486 e. The molecule has 0 saturated carbocycles. The van der Waals surface area contributed by atoms with Gasteiger partial charge in [0.15, 0.2) is 21.3 Å². The molecule has 4 rings (SSSR count). The molecule has 0 unspecified atom stereocenters. The van der Waals surface area contributed by atoms with E-state index in [2.05, 4.69) is 5.32 Å². The number of ether oxygens (including phenoxy) is 2. The van der Waals surface area contributed by atoms with Gasteiger partial charge in [0.1, 0.15) is 13.2 Å². The molecule has 2 aliphatic rings. The Bertz CT molecular complexity index is 970. The quantitative estimate of drug-likeness (QED) is 0.828. The van der Waals surface area contributed by atoms with Crippen LogP contribution < -0.4 is 14.8 Å². The molecule has 2 aromatic rings. The molecule has 0 bridgehead atoms. The van der Waals surface area contributed by atoms with Crippen LogP contribution in [0.5, 0.6) is 11.5 Å². The Morgan fingerprint density at radius 2 is 1.69 bits per heavy atom. The first-order chi connectivity index (χ1) is 14.0. The van der Waals surface area contributed by atoms with Gasteiger partial charge in [-0.25, -0.2) is 13.2 Å². The molecule has 2 aromatic carbocycles. The van der Waals surface area contributed by atoms with E-state index in [0.29, 0.717) is 56.3 Å². The lowest BCUT2D eigenvalue weighted by molar-refractivity contribution is 0.171. The van der Waals surface area contributed by atoms with Crippen LogP contribution in [0.25, 0.3) is 0 Å². The van der Waals surface area contributed by atoms with Gasteiger partial charge in [-0.3, -0.25) is 0 Å². The van der Waals surface area contributed by atoms with E-state index in [0.717, 1.165) is 5.56 Å². The van der Waals surface area contributed by atoms with Gasteiger partial charge in [0.05, 0.1) is 11.0 Å². The number of nitrogens with one attached hydrogen (secondary N) is 1. The minimum absolute atomic E-state index is 0.0436. The molecule has 1 fully saturated rings. The highest BCUT2D eigenvalue weighted by molar-refractivity contribution is 7.91. The number of rotatable bonds is 4. The number of likely N-dealkylation sites (tertiary alicyclic amines) is 1. The zero-order valence-electron chi connectivity index (χ0n) is 16.0. The molecule has 2 amide bonds. The average molecular weight is 416 g/mol. The smallest absolute Gasteiger partial charge is 0.321 e. The number of carbonyl (C=O) groups excluding carboxylic acids is 1. The summed E-state index contributed by atoms with van der Waals surface area (Å²) in [7, 11) is -3.24. The highest BCUT2D eigenvalue weighted by atomic mass is 32.2. The van der Waals surface area contributed by atoms with Crippen molar-refractivity contribution in [3.8, 4) is 11.5 Å². The van der Waals surface area contributed by atoms with E-state index < -0.39 is 15.1 Å². The highest BCUT2D eigenvalue weighted by Crippen LogP contribution is 2.32. The summed E-state index contributed by atoms with van der Waals surface area (Å²) in [6, 6.07) is 14.3. The van der Waals surface area contributed by atoms with E-state index in [1.54, 1.807) is 23.1 Å². The summed E-state index contributed by atoms with van der Waals surface area (Å²) in [5.74, 6) is 1.32.